The molecule has 2 atom stereocenters. The second-order valence-electron chi connectivity index (χ2n) is 4.36. The molecule has 0 aliphatic heterocycles. The quantitative estimate of drug-likeness (QED) is 0.816. The highest BCUT2D eigenvalue weighted by atomic mass is 16.2. The number of hydrogen-bond acceptors (Lipinski definition) is 2. The average molecular weight is 220 g/mol. The van der Waals surface area contributed by atoms with Crippen molar-refractivity contribution in [2.45, 2.75) is 39.8 Å². The van der Waals surface area contributed by atoms with E-state index >= 15 is 0 Å². The molecule has 0 heterocycles. The maximum atomic E-state index is 11.4. The van der Waals surface area contributed by atoms with Crippen LogP contribution in [0.15, 0.2) is 18.2 Å². The number of aryl methyl sites for hydroxylation is 2. The molecular formula is C13H20N2O. The van der Waals surface area contributed by atoms with Crippen molar-refractivity contribution in [3.8, 4) is 0 Å². The van der Waals surface area contributed by atoms with E-state index in [4.69, 9.17) is 5.73 Å². The van der Waals surface area contributed by atoms with E-state index in [2.05, 4.69) is 31.3 Å². The van der Waals surface area contributed by atoms with Crippen LogP contribution in [-0.4, -0.2) is 11.9 Å². The highest BCUT2D eigenvalue weighted by Crippen LogP contribution is 2.16. The van der Waals surface area contributed by atoms with Crippen molar-refractivity contribution < 1.29 is 4.79 Å². The second kappa shape index (κ2) is 5.12. The molecule has 0 spiro atoms. The molecule has 1 unspecified atom stereocenters. The Hall–Kier alpha value is -1.35. The Morgan fingerprint density at radius 2 is 1.88 bits per heavy atom. The van der Waals surface area contributed by atoms with Gasteiger partial charge in [0, 0.05) is 0 Å². The van der Waals surface area contributed by atoms with E-state index in [1.165, 1.54) is 11.1 Å². The van der Waals surface area contributed by atoms with E-state index in [0.29, 0.717) is 0 Å². The van der Waals surface area contributed by atoms with E-state index in [1.807, 2.05) is 13.0 Å². The summed E-state index contributed by atoms with van der Waals surface area (Å²) in [5.74, 6) is -0.120. The summed E-state index contributed by atoms with van der Waals surface area (Å²) in [7, 11) is 0. The molecule has 0 aliphatic carbocycles. The van der Waals surface area contributed by atoms with Crippen molar-refractivity contribution in [2.75, 3.05) is 0 Å². The Morgan fingerprint density at radius 1 is 1.25 bits per heavy atom. The summed E-state index contributed by atoms with van der Waals surface area (Å²) in [6.07, 6.45) is 0. The van der Waals surface area contributed by atoms with E-state index in [9.17, 15) is 4.79 Å². The van der Waals surface area contributed by atoms with Crippen LogP contribution in [-0.2, 0) is 4.79 Å². The Bertz CT molecular complexity index is 386. The lowest BCUT2D eigenvalue weighted by molar-refractivity contribution is -0.122. The van der Waals surface area contributed by atoms with Crippen molar-refractivity contribution in [3.05, 3.63) is 34.9 Å². The van der Waals surface area contributed by atoms with Gasteiger partial charge in [-0.05, 0) is 44.4 Å². The van der Waals surface area contributed by atoms with E-state index in [1.54, 1.807) is 6.92 Å². The number of hydrogen-bond donors (Lipinski definition) is 2. The van der Waals surface area contributed by atoms with Gasteiger partial charge in [0.2, 0.25) is 5.91 Å². The molecule has 0 bridgehead atoms. The standard InChI is InChI=1S/C13H20N2O/c1-8-5-6-12(7-9(8)2)11(4)15-13(16)10(3)14/h5-7,10-11H,14H2,1-4H3,(H,15,16)/t10-,11?/m1/s1. The molecule has 1 rings (SSSR count). The maximum absolute atomic E-state index is 11.4. The minimum atomic E-state index is -0.464. The van der Waals surface area contributed by atoms with Gasteiger partial charge in [-0.3, -0.25) is 4.79 Å². The van der Waals surface area contributed by atoms with Crippen molar-refractivity contribution in [3.63, 3.8) is 0 Å². The molecule has 3 nitrogen and oxygen atoms in total. The number of nitrogens with one attached hydrogen (secondary N) is 1. The summed E-state index contributed by atoms with van der Waals surface area (Å²) < 4.78 is 0. The Balaban J connectivity index is 2.77. The van der Waals surface area contributed by atoms with Crippen LogP contribution in [0.5, 0.6) is 0 Å². The number of benzene rings is 1. The zero-order valence-corrected chi connectivity index (χ0v) is 10.4. The molecule has 0 aromatic heterocycles. The Kier molecular flexibility index (Phi) is 4.07. The molecule has 1 amide bonds. The summed E-state index contributed by atoms with van der Waals surface area (Å²) in [5.41, 5.74) is 9.11. The normalized spacial score (nSPS) is 14.3. The molecule has 0 saturated heterocycles. The van der Waals surface area contributed by atoms with Gasteiger partial charge < -0.3 is 11.1 Å². The molecule has 3 heteroatoms. The fourth-order valence-corrected chi connectivity index (χ4v) is 1.46. The number of rotatable bonds is 3. The maximum Gasteiger partial charge on any atom is 0.237 e. The predicted molar refractivity (Wildman–Crippen MR) is 66.1 cm³/mol. The lowest BCUT2D eigenvalue weighted by atomic mass is 10.0. The third-order valence-corrected chi connectivity index (χ3v) is 2.80. The smallest absolute Gasteiger partial charge is 0.237 e. The van der Waals surface area contributed by atoms with Crippen LogP contribution in [0.3, 0.4) is 0 Å². The van der Waals surface area contributed by atoms with Gasteiger partial charge in [-0.25, -0.2) is 0 Å². The van der Waals surface area contributed by atoms with Crippen LogP contribution in [0, 0.1) is 13.8 Å². The Morgan fingerprint density at radius 3 is 2.38 bits per heavy atom. The number of amides is 1. The molecule has 88 valence electrons. The van der Waals surface area contributed by atoms with Crippen molar-refractivity contribution in [1.82, 2.24) is 5.32 Å². The van der Waals surface area contributed by atoms with Crippen LogP contribution < -0.4 is 11.1 Å². The molecule has 0 fully saturated rings. The highest BCUT2D eigenvalue weighted by molar-refractivity contribution is 5.81. The van der Waals surface area contributed by atoms with Crippen LogP contribution >= 0.6 is 0 Å². The van der Waals surface area contributed by atoms with Gasteiger partial charge >= 0.3 is 0 Å². The molecule has 1 aromatic rings. The fourth-order valence-electron chi connectivity index (χ4n) is 1.46. The summed E-state index contributed by atoms with van der Waals surface area (Å²) in [5, 5.41) is 2.88. The molecule has 0 aliphatic rings. The molecular weight excluding hydrogens is 200 g/mol. The zero-order valence-electron chi connectivity index (χ0n) is 10.4. The van der Waals surface area contributed by atoms with Gasteiger partial charge in [-0.2, -0.15) is 0 Å². The van der Waals surface area contributed by atoms with Gasteiger partial charge in [0.15, 0.2) is 0 Å². The SMILES string of the molecule is Cc1ccc(C(C)NC(=O)[C@@H](C)N)cc1C. The van der Waals surface area contributed by atoms with E-state index < -0.39 is 6.04 Å². The Labute approximate surface area is 97.0 Å². The zero-order chi connectivity index (χ0) is 12.3. The van der Waals surface area contributed by atoms with Crippen LogP contribution in [0.1, 0.15) is 36.6 Å². The summed E-state index contributed by atoms with van der Waals surface area (Å²) in [6, 6.07) is 5.74. The summed E-state index contributed by atoms with van der Waals surface area (Å²) >= 11 is 0. The third kappa shape index (κ3) is 3.07. The van der Waals surface area contributed by atoms with Gasteiger partial charge in [-0.1, -0.05) is 18.2 Å². The minimum Gasteiger partial charge on any atom is -0.348 e. The van der Waals surface area contributed by atoms with Crippen molar-refractivity contribution in [2.24, 2.45) is 5.73 Å². The number of carbonyl (C=O) groups excluding carboxylic acids is 1. The number of carbonyl (C=O) groups is 1. The molecule has 1 aromatic carbocycles. The molecule has 3 N–H and O–H groups in total. The average Bonchev–Trinajstić information content (AvgIpc) is 2.21. The third-order valence-electron chi connectivity index (χ3n) is 2.80. The van der Waals surface area contributed by atoms with Gasteiger partial charge in [0.05, 0.1) is 12.1 Å². The first kappa shape index (κ1) is 12.7. The van der Waals surface area contributed by atoms with Gasteiger partial charge in [0.1, 0.15) is 0 Å². The highest BCUT2D eigenvalue weighted by Gasteiger charge is 2.12. The van der Waals surface area contributed by atoms with E-state index in [0.717, 1.165) is 5.56 Å². The lowest BCUT2D eigenvalue weighted by Gasteiger charge is -2.17. The lowest BCUT2D eigenvalue weighted by Crippen LogP contribution is -2.39. The monoisotopic (exact) mass is 220 g/mol. The predicted octanol–water partition coefficient (Wildman–Crippen LogP) is 1.83. The summed E-state index contributed by atoms with van der Waals surface area (Å²) in [4.78, 5) is 11.4. The molecule has 16 heavy (non-hydrogen) atoms. The van der Waals surface area contributed by atoms with Crippen LogP contribution in [0.25, 0.3) is 0 Å². The van der Waals surface area contributed by atoms with Gasteiger partial charge in [0.25, 0.3) is 0 Å². The first-order chi connectivity index (χ1) is 7.41. The summed E-state index contributed by atoms with van der Waals surface area (Å²) in [6.45, 7) is 7.79. The molecule has 0 saturated carbocycles. The largest absolute Gasteiger partial charge is 0.348 e. The first-order valence-corrected chi connectivity index (χ1v) is 5.55. The second-order valence-corrected chi connectivity index (χ2v) is 4.36. The minimum absolute atomic E-state index is 0.00204. The van der Waals surface area contributed by atoms with Crippen molar-refractivity contribution >= 4 is 5.91 Å². The fraction of sp³-hybridized carbons (Fsp3) is 0.462. The van der Waals surface area contributed by atoms with Crippen molar-refractivity contribution in [1.29, 1.82) is 0 Å². The number of nitrogens with two attached hydrogens (primary N) is 1. The van der Waals surface area contributed by atoms with Crippen LogP contribution in [0.4, 0.5) is 0 Å². The van der Waals surface area contributed by atoms with E-state index in [-0.39, 0.29) is 11.9 Å². The van der Waals surface area contributed by atoms with Gasteiger partial charge in [-0.15, -0.1) is 0 Å². The topological polar surface area (TPSA) is 55.1 Å². The molecule has 0 radical (unpaired) electrons. The first-order valence-electron chi connectivity index (χ1n) is 5.55. The van der Waals surface area contributed by atoms with Crippen LogP contribution in [0.2, 0.25) is 0 Å².